The number of hydrogen-bond donors (Lipinski definition) is 0. The summed E-state index contributed by atoms with van der Waals surface area (Å²) in [5, 5.41) is 2.40. The second-order valence-corrected chi connectivity index (χ2v) is 5.69. The summed E-state index contributed by atoms with van der Waals surface area (Å²) in [6, 6.07) is 14.6. The van der Waals surface area contributed by atoms with Crippen molar-refractivity contribution in [3.63, 3.8) is 0 Å². The Hall–Kier alpha value is -2.88. The molecule has 0 aliphatic carbocycles. The Labute approximate surface area is 134 Å². The molecule has 114 valence electrons. The van der Waals surface area contributed by atoms with E-state index in [0.717, 1.165) is 22.8 Å². The predicted molar refractivity (Wildman–Crippen MR) is 90.2 cm³/mol. The van der Waals surface area contributed by atoms with E-state index < -0.39 is 0 Å². The molecule has 0 bridgehead atoms. The molecule has 0 aliphatic heterocycles. The van der Waals surface area contributed by atoms with E-state index in [0.29, 0.717) is 12.4 Å². The molecule has 0 atom stereocenters. The number of aromatic nitrogens is 3. The van der Waals surface area contributed by atoms with Gasteiger partial charge in [0.2, 0.25) is 5.89 Å². The first-order valence-corrected chi connectivity index (χ1v) is 7.64. The second-order valence-electron chi connectivity index (χ2n) is 5.69. The maximum atomic E-state index is 5.89. The van der Waals surface area contributed by atoms with Crippen LogP contribution < -0.4 is 0 Å². The van der Waals surface area contributed by atoms with Crippen molar-refractivity contribution in [1.29, 1.82) is 0 Å². The van der Waals surface area contributed by atoms with Crippen molar-refractivity contribution in [2.45, 2.75) is 20.4 Å². The van der Waals surface area contributed by atoms with Gasteiger partial charge in [-0.2, -0.15) is 0 Å². The van der Waals surface area contributed by atoms with Crippen LogP contribution in [0.2, 0.25) is 0 Å². The number of aryl methyl sites for hydroxylation is 2. The zero-order valence-electron chi connectivity index (χ0n) is 13.2. The van der Waals surface area contributed by atoms with Crippen LogP contribution in [0.15, 0.2) is 59.3 Å². The fraction of sp³-hybridized carbons (Fsp3) is 0.158. The largest absolute Gasteiger partial charge is 0.441 e. The molecular weight excluding hydrogens is 286 g/mol. The van der Waals surface area contributed by atoms with E-state index in [9.17, 15) is 0 Å². The molecule has 23 heavy (non-hydrogen) atoms. The third-order valence-electron chi connectivity index (χ3n) is 4.13. The standard InChI is InChI=1S/C19H17N3O/c1-13-18(12-22-10-9-20-14(22)2)21-19(23-13)17-8-7-15-5-3-4-6-16(15)11-17/h3-11H,12H2,1-2H3. The molecule has 0 saturated heterocycles. The summed E-state index contributed by atoms with van der Waals surface area (Å²) in [5.74, 6) is 2.49. The Kier molecular flexibility index (Phi) is 3.23. The Bertz CT molecular complexity index is 981. The second kappa shape index (κ2) is 5.39. The lowest BCUT2D eigenvalue weighted by molar-refractivity contribution is 0.537. The van der Waals surface area contributed by atoms with E-state index in [2.05, 4.69) is 44.9 Å². The van der Waals surface area contributed by atoms with Crippen LogP contribution in [0.4, 0.5) is 0 Å². The van der Waals surface area contributed by atoms with Gasteiger partial charge in [0.25, 0.3) is 0 Å². The van der Waals surface area contributed by atoms with Crippen LogP contribution in [0.1, 0.15) is 17.3 Å². The van der Waals surface area contributed by atoms with Gasteiger partial charge in [-0.15, -0.1) is 0 Å². The Morgan fingerprint density at radius 1 is 1.04 bits per heavy atom. The van der Waals surface area contributed by atoms with Crippen LogP contribution in [-0.2, 0) is 6.54 Å². The molecule has 4 nitrogen and oxygen atoms in total. The monoisotopic (exact) mass is 303 g/mol. The smallest absolute Gasteiger partial charge is 0.226 e. The third-order valence-corrected chi connectivity index (χ3v) is 4.13. The minimum absolute atomic E-state index is 0.668. The summed E-state index contributed by atoms with van der Waals surface area (Å²) in [5.41, 5.74) is 1.94. The topological polar surface area (TPSA) is 43.9 Å². The molecule has 0 radical (unpaired) electrons. The van der Waals surface area contributed by atoms with Crippen LogP contribution in [0.3, 0.4) is 0 Å². The highest BCUT2D eigenvalue weighted by Crippen LogP contribution is 2.26. The highest BCUT2D eigenvalue weighted by Gasteiger charge is 2.13. The van der Waals surface area contributed by atoms with Crippen molar-refractivity contribution in [2.75, 3.05) is 0 Å². The molecular formula is C19H17N3O. The molecule has 0 fully saturated rings. The zero-order valence-corrected chi connectivity index (χ0v) is 13.2. The molecule has 0 aliphatic rings. The predicted octanol–water partition coefficient (Wildman–Crippen LogP) is 4.36. The molecule has 2 heterocycles. The van der Waals surface area contributed by atoms with Gasteiger partial charge in [-0.05, 0) is 36.8 Å². The quantitative estimate of drug-likeness (QED) is 0.565. The molecule has 0 unspecified atom stereocenters. The molecule has 2 aromatic carbocycles. The van der Waals surface area contributed by atoms with Crippen molar-refractivity contribution in [3.05, 3.63) is 72.1 Å². The maximum Gasteiger partial charge on any atom is 0.226 e. The molecule has 0 N–H and O–H groups in total. The van der Waals surface area contributed by atoms with Crippen LogP contribution >= 0.6 is 0 Å². The van der Waals surface area contributed by atoms with Gasteiger partial charge < -0.3 is 8.98 Å². The van der Waals surface area contributed by atoms with Gasteiger partial charge in [-0.25, -0.2) is 9.97 Å². The van der Waals surface area contributed by atoms with Crippen LogP contribution in [0, 0.1) is 13.8 Å². The Morgan fingerprint density at radius 3 is 2.65 bits per heavy atom. The summed E-state index contributed by atoms with van der Waals surface area (Å²) in [7, 11) is 0. The SMILES string of the molecule is Cc1oc(-c2ccc3ccccc3c2)nc1Cn1ccnc1C. The Balaban J connectivity index is 1.71. The highest BCUT2D eigenvalue weighted by molar-refractivity contribution is 5.86. The number of hydrogen-bond acceptors (Lipinski definition) is 3. The maximum absolute atomic E-state index is 5.89. The van der Waals surface area contributed by atoms with E-state index in [4.69, 9.17) is 4.42 Å². The highest BCUT2D eigenvalue weighted by atomic mass is 16.4. The summed E-state index contributed by atoms with van der Waals surface area (Å²) < 4.78 is 7.96. The number of imidazole rings is 1. The number of fused-ring (bicyclic) bond motifs is 1. The van der Waals surface area contributed by atoms with Gasteiger partial charge >= 0.3 is 0 Å². The molecule has 0 amide bonds. The first kappa shape index (κ1) is 13.8. The molecule has 4 rings (SSSR count). The Morgan fingerprint density at radius 2 is 1.87 bits per heavy atom. The van der Waals surface area contributed by atoms with E-state index >= 15 is 0 Å². The molecule has 0 saturated carbocycles. The van der Waals surface area contributed by atoms with Crippen LogP contribution in [-0.4, -0.2) is 14.5 Å². The van der Waals surface area contributed by atoms with Crippen LogP contribution in [0.5, 0.6) is 0 Å². The molecule has 0 spiro atoms. The summed E-state index contributed by atoms with van der Waals surface area (Å²) >= 11 is 0. The lowest BCUT2D eigenvalue weighted by Crippen LogP contribution is -2.02. The fourth-order valence-electron chi connectivity index (χ4n) is 2.75. The fourth-order valence-corrected chi connectivity index (χ4v) is 2.75. The minimum atomic E-state index is 0.668. The van der Waals surface area contributed by atoms with Gasteiger partial charge in [-0.1, -0.05) is 30.3 Å². The van der Waals surface area contributed by atoms with Gasteiger partial charge in [0.1, 0.15) is 17.3 Å². The minimum Gasteiger partial charge on any atom is -0.441 e. The van der Waals surface area contributed by atoms with E-state index in [1.165, 1.54) is 10.8 Å². The van der Waals surface area contributed by atoms with Gasteiger partial charge in [0.15, 0.2) is 0 Å². The number of benzene rings is 2. The van der Waals surface area contributed by atoms with Crippen molar-refractivity contribution in [2.24, 2.45) is 0 Å². The zero-order chi connectivity index (χ0) is 15.8. The van der Waals surface area contributed by atoms with Crippen molar-refractivity contribution < 1.29 is 4.42 Å². The van der Waals surface area contributed by atoms with Gasteiger partial charge in [-0.3, -0.25) is 0 Å². The number of oxazole rings is 1. The van der Waals surface area contributed by atoms with Gasteiger partial charge in [0.05, 0.1) is 6.54 Å². The number of nitrogens with zero attached hydrogens (tertiary/aromatic N) is 3. The summed E-state index contributed by atoms with van der Waals surface area (Å²) in [4.78, 5) is 8.93. The van der Waals surface area contributed by atoms with Crippen molar-refractivity contribution >= 4 is 10.8 Å². The van der Waals surface area contributed by atoms with Crippen molar-refractivity contribution in [3.8, 4) is 11.5 Å². The third kappa shape index (κ3) is 2.52. The van der Waals surface area contributed by atoms with E-state index in [1.54, 1.807) is 6.20 Å². The number of rotatable bonds is 3. The first-order valence-electron chi connectivity index (χ1n) is 7.64. The first-order chi connectivity index (χ1) is 11.2. The average Bonchev–Trinajstić information content (AvgIpc) is 3.14. The molecule has 2 aromatic heterocycles. The molecule has 4 heteroatoms. The average molecular weight is 303 g/mol. The van der Waals surface area contributed by atoms with E-state index in [1.807, 2.05) is 32.2 Å². The summed E-state index contributed by atoms with van der Waals surface area (Å²) in [6.07, 6.45) is 3.76. The van der Waals surface area contributed by atoms with Crippen LogP contribution in [0.25, 0.3) is 22.2 Å². The van der Waals surface area contributed by atoms with Gasteiger partial charge in [0, 0.05) is 18.0 Å². The lowest BCUT2D eigenvalue weighted by Gasteiger charge is -2.01. The lowest BCUT2D eigenvalue weighted by atomic mass is 10.1. The normalized spacial score (nSPS) is 11.2. The van der Waals surface area contributed by atoms with Crippen molar-refractivity contribution in [1.82, 2.24) is 14.5 Å². The molecule has 4 aromatic rings. The summed E-state index contributed by atoms with van der Waals surface area (Å²) in [6.45, 7) is 4.62. The van der Waals surface area contributed by atoms with E-state index in [-0.39, 0.29) is 0 Å².